The van der Waals surface area contributed by atoms with E-state index >= 15 is 0 Å². The maximum atomic E-state index is 11.9. The average Bonchev–Trinajstić information content (AvgIpc) is 2.99. The van der Waals surface area contributed by atoms with E-state index in [0.29, 0.717) is 17.4 Å². The lowest BCUT2D eigenvalue weighted by Crippen LogP contribution is -2.00. The summed E-state index contributed by atoms with van der Waals surface area (Å²) in [5, 5.41) is 12.3. The number of aromatic carboxylic acids is 1. The van der Waals surface area contributed by atoms with Gasteiger partial charge in [-0.15, -0.1) is 0 Å². The lowest BCUT2D eigenvalue weighted by Gasteiger charge is -2.08. The van der Waals surface area contributed by atoms with Crippen LogP contribution in [0.25, 0.3) is 21.7 Å². The Hall–Kier alpha value is -3.12. The van der Waals surface area contributed by atoms with Crippen molar-refractivity contribution in [2.75, 3.05) is 6.26 Å². The number of rotatable bonds is 4. The van der Waals surface area contributed by atoms with E-state index in [0.717, 1.165) is 22.6 Å². The Balaban J connectivity index is 1.87. The van der Waals surface area contributed by atoms with Gasteiger partial charge >= 0.3 is 5.97 Å². The molecule has 0 saturated heterocycles. The Morgan fingerprint density at radius 1 is 1.00 bits per heavy atom. The molecule has 0 fully saturated rings. The molecule has 5 nitrogen and oxygen atoms in total. The van der Waals surface area contributed by atoms with Gasteiger partial charge in [-0.1, -0.05) is 42.5 Å². The van der Waals surface area contributed by atoms with E-state index in [4.69, 9.17) is 0 Å². The van der Waals surface area contributed by atoms with Crippen molar-refractivity contribution in [2.24, 2.45) is 0 Å². The summed E-state index contributed by atoms with van der Waals surface area (Å²) in [7, 11) is -3.38. The number of sulfone groups is 1. The number of hydrogen-bond acceptors (Lipinski definition) is 3. The third kappa shape index (κ3) is 3.19. The second kappa shape index (κ2) is 6.25. The first kappa shape index (κ1) is 17.3. The molecule has 136 valence electrons. The molecule has 1 N–H and O–H groups in total. The van der Waals surface area contributed by atoms with E-state index in [9.17, 15) is 18.3 Å². The van der Waals surface area contributed by atoms with Gasteiger partial charge in [0.05, 0.1) is 16.0 Å². The fraction of sp³-hybridized carbons (Fsp3) is 0.0952. The first-order chi connectivity index (χ1) is 12.8. The van der Waals surface area contributed by atoms with Gasteiger partial charge in [0, 0.05) is 24.4 Å². The summed E-state index contributed by atoms with van der Waals surface area (Å²) in [5.74, 6) is -1.04. The molecule has 0 radical (unpaired) electrons. The third-order valence-corrected chi connectivity index (χ3v) is 5.79. The zero-order valence-electron chi connectivity index (χ0n) is 14.6. The first-order valence-electron chi connectivity index (χ1n) is 8.37. The van der Waals surface area contributed by atoms with Crippen molar-refractivity contribution in [3.63, 3.8) is 0 Å². The number of aromatic nitrogens is 1. The first-order valence-corrected chi connectivity index (χ1v) is 10.3. The Morgan fingerprint density at radius 3 is 2.44 bits per heavy atom. The van der Waals surface area contributed by atoms with Gasteiger partial charge in [-0.25, -0.2) is 13.2 Å². The Kier molecular flexibility index (Phi) is 4.00. The van der Waals surface area contributed by atoms with Gasteiger partial charge in [-0.3, -0.25) is 0 Å². The van der Waals surface area contributed by atoms with E-state index in [1.54, 1.807) is 16.8 Å². The average molecular weight is 379 g/mol. The minimum Gasteiger partial charge on any atom is -0.478 e. The van der Waals surface area contributed by atoms with Crippen LogP contribution in [0.2, 0.25) is 0 Å². The highest BCUT2D eigenvalue weighted by atomic mass is 32.2. The Bertz CT molecular complexity index is 1300. The van der Waals surface area contributed by atoms with Crippen LogP contribution in [-0.2, 0) is 16.4 Å². The lowest BCUT2D eigenvalue weighted by atomic mass is 10.1. The van der Waals surface area contributed by atoms with Crippen LogP contribution in [0.5, 0.6) is 0 Å². The van der Waals surface area contributed by atoms with E-state index in [1.807, 2.05) is 36.4 Å². The molecule has 0 aliphatic rings. The Labute approximate surface area is 156 Å². The van der Waals surface area contributed by atoms with Crippen LogP contribution in [-0.4, -0.2) is 30.3 Å². The molecule has 1 heterocycles. The highest BCUT2D eigenvalue weighted by Gasteiger charge is 2.17. The van der Waals surface area contributed by atoms with Crippen LogP contribution in [0, 0.1) is 0 Å². The molecule has 0 aliphatic heterocycles. The van der Waals surface area contributed by atoms with Gasteiger partial charge in [0.15, 0.2) is 9.84 Å². The summed E-state index contributed by atoms with van der Waals surface area (Å²) in [5.41, 5.74) is 1.75. The monoisotopic (exact) mass is 379 g/mol. The molecule has 0 spiro atoms. The van der Waals surface area contributed by atoms with Crippen LogP contribution >= 0.6 is 0 Å². The molecule has 0 amide bonds. The minimum atomic E-state index is -3.38. The number of carbonyl (C=O) groups is 1. The second-order valence-corrected chi connectivity index (χ2v) is 8.62. The molecule has 27 heavy (non-hydrogen) atoms. The topological polar surface area (TPSA) is 76.4 Å². The zero-order valence-corrected chi connectivity index (χ0v) is 15.4. The highest BCUT2D eigenvalue weighted by Crippen LogP contribution is 2.26. The quantitative estimate of drug-likeness (QED) is 0.583. The van der Waals surface area contributed by atoms with Crippen molar-refractivity contribution in [3.05, 3.63) is 78.0 Å². The standard InChI is InChI=1S/C21H17NO4S/c1-27(25,26)17-8-9-18-19(21(23)24)13-22(20(18)11-17)12-14-6-7-15-4-2-3-5-16(15)10-14/h2-11,13H,12H2,1H3,(H,23,24). The number of carboxylic acids is 1. The van der Waals surface area contributed by atoms with Crippen LogP contribution in [0.1, 0.15) is 15.9 Å². The summed E-state index contributed by atoms with van der Waals surface area (Å²) >= 11 is 0. The van der Waals surface area contributed by atoms with Crippen LogP contribution in [0.4, 0.5) is 0 Å². The maximum Gasteiger partial charge on any atom is 0.337 e. The lowest BCUT2D eigenvalue weighted by molar-refractivity contribution is 0.0698. The number of benzene rings is 3. The van der Waals surface area contributed by atoms with Gasteiger partial charge in [0.25, 0.3) is 0 Å². The van der Waals surface area contributed by atoms with Crippen molar-refractivity contribution >= 4 is 37.5 Å². The number of hydrogen-bond donors (Lipinski definition) is 1. The predicted octanol–water partition coefficient (Wildman–Crippen LogP) is 3.94. The molecule has 0 saturated carbocycles. The summed E-state index contributed by atoms with van der Waals surface area (Å²) in [6.45, 7) is 0.446. The molecule has 0 aliphatic carbocycles. The minimum absolute atomic E-state index is 0.158. The molecule has 4 aromatic rings. The van der Waals surface area contributed by atoms with E-state index in [-0.39, 0.29) is 10.5 Å². The molecule has 0 unspecified atom stereocenters. The summed E-state index contributed by atoms with van der Waals surface area (Å²) in [4.78, 5) is 11.8. The van der Waals surface area contributed by atoms with Crippen molar-refractivity contribution in [3.8, 4) is 0 Å². The zero-order chi connectivity index (χ0) is 19.2. The SMILES string of the molecule is CS(=O)(=O)c1ccc2c(C(=O)O)cn(Cc3ccc4ccccc4c3)c2c1. The van der Waals surface area contributed by atoms with E-state index in [1.165, 1.54) is 12.1 Å². The molecular formula is C21H17NO4S. The number of fused-ring (bicyclic) bond motifs is 2. The second-order valence-electron chi connectivity index (χ2n) is 6.61. The molecule has 0 atom stereocenters. The summed E-state index contributed by atoms with van der Waals surface area (Å²) in [6, 6.07) is 18.6. The normalized spacial score (nSPS) is 11.9. The molecule has 0 bridgehead atoms. The molecule has 1 aromatic heterocycles. The molecule has 6 heteroatoms. The third-order valence-electron chi connectivity index (χ3n) is 4.68. The predicted molar refractivity (Wildman–Crippen MR) is 105 cm³/mol. The molecular weight excluding hydrogens is 362 g/mol. The van der Waals surface area contributed by atoms with Crippen LogP contribution in [0.15, 0.2) is 71.8 Å². The van der Waals surface area contributed by atoms with Gasteiger partial charge in [-0.2, -0.15) is 0 Å². The van der Waals surface area contributed by atoms with E-state index in [2.05, 4.69) is 6.07 Å². The summed E-state index contributed by atoms with van der Waals surface area (Å²) < 4.78 is 25.6. The fourth-order valence-corrected chi connectivity index (χ4v) is 3.98. The largest absolute Gasteiger partial charge is 0.478 e. The summed E-state index contributed by atoms with van der Waals surface area (Å²) in [6.07, 6.45) is 2.71. The van der Waals surface area contributed by atoms with Gasteiger partial charge in [0.1, 0.15) is 0 Å². The van der Waals surface area contributed by atoms with Crippen LogP contribution < -0.4 is 0 Å². The highest BCUT2D eigenvalue weighted by molar-refractivity contribution is 7.90. The fourth-order valence-electron chi connectivity index (χ4n) is 3.34. The van der Waals surface area contributed by atoms with Crippen molar-refractivity contribution < 1.29 is 18.3 Å². The molecule has 4 rings (SSSR count). The van der Waals surface area contributed by atoms with Crippen molar-refractivity contribution in [1.82, 2.24) is 4.57 Å². The smallest absolute Gasteiger partial charge is 0.337 e. The molecule has 3 aromatic carbocycles. The van der Waals surface area contributed by atoms with Gasteiger partial charge < -0.3 is 9.67 Å². The van der Waals surface area contributed by atoms with Crippen LogP contribution in [0.3, 0.4) is 0 Å². The number of carboxylic acid groups (broad SMARTS) is 1. The Morgan fingerprint density at radius 2 is 1.74 bits per heavy atom. The van der Waals surface area contributed by atoms with Crippen molar-refractivity contribution in [1.29, 1.82) is 0 Å². The van der Waals surface area contributed by atoms with E-state index < -0.39 is 15.8 Å². The maximum absolute atomic E-state index is 11.9. The number of nitrogens with zero attached hydrogens (tertiary/aromatic N) is 1. The van der Waals surface area contributed by atoms with Gasteiger partial charge in [-0.05, 0) is 34.5 Å². The van der Waals surface area contributed by atoms with Crippen molar-refractivity contribution in [2.45, 2.75) is 11.4 Å². The van der Waals surface area contributed by atoms with Gasteiger partial charge in [0.2, 0.25) is 0 Å².